The summed E-state index contributed by atoms with van der Waals surface area (Å²) in [6.07, 6.45) is 2.43. The summed E-state index contributed by atoms with van der Waals surface area (Å²) >= 11 is 6.06. The van der Waals surface area contributed by atoms with Gasteiger partial charge in [0.1, 0.15) is 11.6 Å². The zero-order valence-electron chi connectivity index (χ0n) is 23.4. The Balaban J connectivity index is 1.59. The number of benzene rings is 2. The highest BCUT2D eigenvalue weighted by Crippen LogP contribution is 2.39. The summed E-state index contributed by atoms with van der Waals surface area (Å²) in [5.74, 6) is -0.758. The molecule has 1 amide bonds. The molecule has 3 unspecified atom stereocenters. The molecule has 0 aromatic heterocycles. The Kier molecular flexibility index (Phi) is 8.95. The van der Waals surface area contributed by atoms with Crippen molar-refractivity contribution in [2.75, 3.05) is 46.1 Å². The number of carbonyl (C=O) groups is 1. The largest absolute Gasteiger partial charge is 0.497 e. The zero-order valence-corrected chi connectivity index (χ0v) is 24.9. The molecule has 7 nitrogen and oxygen atoms in total. The second-order valence-electron chi connectivity index (χ2n) is 11.6. The Morgan fingerprint density at radius 1 is 1.05 bits per heavy atom. The Bertz CT molecular complexity index is 1280. The fourth-order valence-corrected chi connectivity index (χ4v) is 7.06. The van der Waals surface area contributed by atoms with Crippen molar-refractivity contribution in [1.82, 2.24) is 14.1 Å². The summed E-state index contributed by atoms with van der Waals surface area (Å²) in [6, 6.07) is 11.8. The van der Waals surface area contributed by atoms with Crippen LogP contribution in [0.5, 0.6) is 5.75 Å². The Morgan fingerprint density at radius 3 is 2.33 bits per heavy atom. The van der Waals surface area contributed by atoms with E-state index in [2.05, 4.69) is 25.7 Å². The van der Waals surface area contributed by atoms with E-state index in [1.54, 1.807) is 29.2 Å². The molecular formula is C29H39ClFN3O4S. The zero-order chi connectivity index (χ0) is 28.5. The molecule has 2 saturated heterocycles. The van der Waals surface area contributed by atoms with Gasteiger partial charge in [0, 0.05) is 61.3 Å². The molecule has 2 aromatic rings. The molecule has 0 aliphatic carbocycles. The van der Waals surface area contributed by atoms with Crippen LogP contribution >= 0.6 is 11.6 Å². The van der Waals surface area contributed by atoms with E-state index in [0.29, 0.717) is 48.8 Å². The fraction of sp³-hybridized carbons (Fsp3) is 0.552. The molecule has 0 N–H and O–H groups in total. The summed E-state index contributed by atoms with van der Waals surface area (Å²) in [6.45, 7) is 8.34. The average molecular weight is 580 g/mol. The summed E-state index contributed by atoms with van der Waals surface area (Å²) < 4.78 is 47.6. The van der Waals surface area contributed by atoms with E-state index in [0.717, 1.165) is 5.56 Å². The lowest BCUT2D eigenvalue weighted by atomic mass is 9.87. The predicted molar refractivity (Wildman–Crippen MR) is 152 cm³/mol. The molecular weight excluding hydrogens is 541 g/mol. The predicted octanol–water partition coefficient (Wildman–Crippen LogP) is 4.93. The highest BCUT2D eigenvalue weighted by atomic mass is 35.5. The molecule has 0 radical (unpaired) electrons. The third-order valence-electron chi connectivity index (χ3n) is 8.03. The van der Waals surface area contributed by atoms with Crippen LogP contribution in [0.3, 0.4) is 0 Å². The molecule has 4 rings (SSSR count). The molecule has 2 fully saturated rings. The number of hydrogen-bond acceptors (Lipinski definition) is 5. The molecule has 3 atom stereocenters. The van der Waals surface area contributed by atoms with Gasteiger partial charge in [-0.3, -0.25) is 9.69 Å². The van der Waals surface area contributed by atoms with Crippen LogP contribution in [0.15, 0.2) is 42.5 Å². The molecule has 39 heavy (non-hydrogen) atoms. The summed E-state index contributed by atoms with van der Waals surface area (Å²) in [7, 11) is -2.05. The van der Waals surface area contributed by atoms with Crippen LogP contribution in [-0.4, -0.2) is 80.1 Å². The lowest BCUT2D eigenvalue weighted by molar-refractivity contribution is -0.136. The molecule has 2 aliphatic heterocycles. The number of hydrogen-bond donors (Lipinski definition) is 0. The number of halogens is 2. The van der Waals surface area contributed by atoms with Crippen LogP contribution in [0, 0.1) is 11.7 Å². The number of amides is 1. The molecule has 2 aromatic carbocycles. The molecule has 2 aliphatic rings. The van der Waals surface area contributed by atoms with Crippen LogP contribution in [0.2, 0.25) is 5.02 Å². The van der Waals surface area contributed by atoms with Gasteiger partial charge in [0.25, 0.3) is 0 Å². The van der Waals surface area contributed by atoms with Crippen molar-refractivity contribution in [3.8, 4) is 5.75 Å². The van der Waals surface area contributed by atoms with Crippen molar-refractivity contribution in [1.29, 1.82) is 0 Å². The smallest absolute Gasteiger partial charge is 0.227 e. The second-order valence-corrected chi connectivity index (χ2v) is 14.0. The fourth-order valence-electron chi connectivity index (χ4n) is 5.83. The van der Waals surface area contributed by atoms with Crippen LogP contribution in [0.1, 0.15) is 56.7 Å². The maximum absolute atomic E-state index is 15.2. The Hall–Kier alpha value is -2.20. The molecule has 10 heteroatoms. The number of ether oxygens (including phenoxy) is 1. The van der Waals surface area contributed by atoms with Crippen molar-refractivity contribution in [3.05, 3.63) is 64.4 Å². The Morgan fingerprint density at radius 2 is 1.74 bits per heavy atom. The van der Waals surface area contributed by atoms with Crippen LogP contribution in [-0.2, 0) is 14.8 Å². The van der Waals surface area contributed by atoms with E-state index < -0.39 is 15.9 Å². The maximum atomic E-state index is 15.2. The quantitative estimate of drug-likeness (QED) is 0.502. The normalized spacial score (nSPS) is 23.9. The first-order valence-corrected chi connectivity index (χ1v) is 15.6. The first-order valence-electron chi connectivity index (χ1n) is 13.4. The van der Waals surface area contributed by atoms with Gasteiger partial charge in [-0.15, -0.1) is 0 Å². The standard InChI is InChI=1S/C29H39ClFN3O4S/c1-29(2,3)33-18-24(23-13-12-22(38-4)17-26(23)31)25(19-33)28(35)32-14-6-7-27(20-8-10-21(30)11-9-20)34(16-15-32)39(5,36)37/h8-13,17,24-25,27H,6-7,14-16,18-19H2,1-5H3. The summed E-state index contributed by atoms with van der Waals surface area (Å²) in [5, 5.41) is 0.594. The minimum Gasteiger partial charge on any atom is -0.497 e. The van der Waals surface area contributed by atoms with Crippen molar-refractivity contribution >= 4 is 27.5 Å². The molecule has 0 spiro atoms. The highest BCUT2D eigenvalue weighted by molar-refractivity contribution is 7.88. The topological polar surface area (TPSA) is 70.2 Å². The van der Waals surface area contributed by atoms with Crippen molar-refractivity contribution in [2.45, 2.75) is 51.1 Å². The third-order valence-corrected chi connectivity index (χ3v) is 9.57. The Labute approximate surface area is 236 Å². The second kappa shape index (κ2) is 11.7. The number of sulfonamides is 1. The van der Waals surface area contributed by atoms with Gasteiger partial charge in [-0.2, -0.15) is 4.31 Å². The first kappa shape index (κ1) is 29.8. The lowest BCUT2D eigenvalue weighted by Crippen LogP contribution is -2.47. The summed E-state index contributed by atoms with van der Waals surface area (Å²) in [4.78, 5) is 18.1. The number of nitrogens with zero attached hydrogens (tertiary/aromatic N) is 3. The van der Waals surface area contributed by atoms with E-state index in [1.165, 1.54) is 23.7 Å². The molecule has 214 valence electrons. The van der Waals surface area contributed by atoms with Gasteiger partial charge >= 0.3 is 0 Å². The maximum Gasteiger partial charge on any atom is 0.227 e. The van der Waals surface area contributed by atoms with Crippen molar-refractivity contribution in [2.24, 2.45) is 5.92 Å². The van der Waals surface area contributed by atoms with Gasteiger partial charge in [-0.05, 0) is 62.9 Å². The number of rotatable bonds is 5. The SMILES string of the molecule is COc1ccc(C2CN(C(C)(C)C)CC2C(=O)N2CCCC(c3ccc(Cl)cc3)N(S(C)(=O)=O)CC2)c(F)c1. The van der Waals surface area contributed by atoms with E-state index in [1.807, 2.05) is 12.1 Å². The van der Waals surface area contributed by atoms with Gasteiger partial charge in [0.2, 0.25) is 15.9 Å². The van der Waals surface area contributed by atoms with Gasteiger partial charge in [0.15, 0.2) is 0 Å². The number of carbonyl (C=O) groups excluding carboxylic acids is 1. The highest BCUT2D eigenvalue weighted by Gasteiger charge is 2.44. The number of likely N-dealkylation sites (tertiary alicyclic amines) is 1. The van der Waals surface area contributed by atoms with Crippen LogP contribution in [0.4, 0.5) is 4.39 Å². The monoisotopic (exact) mass is 579 g/mol. The molecule has 0 bridgehead atoms. The van der Waals surface area contributed by atoms with Crippen molar-refractivity contribution in [3.63, 3.8) is 0 Å². The van der Waals surface area contributed by atoms with Gasteiger partial charge in [-0.1, -0.05) is 29.8 Å². The van der Waals surface area contributed by atoms with Crippen molar-refractivity contribution < 1.29 is 22.3 Å². The number of methoxy groups -OCH3 is 1. The van der Waals surface area contributed by atoms with Gasteiger partial charge in [0.05, 0.1) is 19.3 Å². The molecule has 0 saturated carbocycles. The minimum atomic E-state index is -3.54. The van der Waals surface area contributed by atoms with E-state index in [-0.39, 0.29) is 42.3 Å². The van der Waals surface area contributed by atoms with Crippen LogP contribution < -0.4 is 4.74 Å². The van der Waals surface area contributed by atoms with Gasteiger partial charge < -0.3 is 9.64 Å². The van der Waals surface area contributed by atoms with Gasteiger partial charge in [-0.25, -0.2) is 12.8 Å². The minimum absolute atomic E-state index is 0.0552. The summed E-state index contributed by atoms with van der Waals surface area (Å²) in [5.41, 5.74) is 1.20. The first-order chi connectivity index (χ1) is 18.3. The van der Waals surface area contributed by atoms with E-state index in [9.17, 15) is 13.2 Å². The lowest BCUT2D eigenvalue weighted by Gasteiger charge is -2.37. The van der Waals surface area contributed by atoms with Crippen LogP contribution in [0.25, 0.3) is 0 Å². The third kappa shape index (κ3) is 6.76. The molecule has 2 heterocycles. The average Bonchev–Trinajstić information content (AvgIpc) is 3.29. The van der Waals surface area contributed by atoms with E-state index in [4.69, 9.17) is 16.3 Å². The van der Waals surface area contributed by atoms with E-state index >= 15 is 4.39 Å².